The van der Waals surface area contributed by atoms with Gasteiger partial charge in [-0.2, -0.15) is 13.2 Å². The lowest BCUT2D eigenvalue weighted by Crippen LogP contribution is -2.20. The number of rotatable bonds is 5. The molecule has 0 saturated heterocycles. The number of thiazole rings is 1. The molecule has 2 aromatic heterocycles. The van der Waals surface area contributed by atoms with Gasteiger partial charge in [-0.15, -0.1) is 11.3 Å². The summed E-state index contributed by atoms with van der Waals surface area (Å²) in [4.78, 5) is 20.2. The van der Waals surface area contributed by atoms with Gasteiger partial charge < -0.3 is 9.30 Å². The van der Waals surface area contributed by atoms with Crippen molar-refractivity contribution in [3.05, 3.63) is 71.5 Å². The molecule has 0 aliphatic carbocycles. The van der Waals surface area contributed by atoms with Crippen molar-refractivity contribution in [2.45, 2.75) is 19.3 Å². The maximum absolute atomic E-state index is 13.3. The largest absolute Gasteiger partial charge is 0.458 e. The van der Waals surface area contributed by atoms with Gasteiger partial charge in [0.2, 0.25) is 5.82 Å². The second-order valence-corrected chi connectivity index (χ2v) is 7.04. The molecule has 4 rings (SSSR count). The first-order chi connectivity index (χ1) is 13.9. The number of imidazole rings is 1. The molecule has 0 aliphatic heterocycles. The first-order valence-corrected chi connectivity index (χ1v) is 9.48. The second-order valence-electron chi connectivity index (χ2n) is 6.18. The van der Waals surface area contributed by atoms with Crippen LogP contribution in [0.1, 0.15) is 11.5 Å². The molecule has 2 aromatic carbocycles. The summed E-state index contributed by atoms with van der Waals surface area (Å²) in [7, 11) is 0. The SMILES string of the molecule is O=C(Cn1c(C(F)(F)F)nc2ccccc21)OCc1csc(-c2ccccc2)n1. The number of aromatic nitrogens is 3. The van der Waals surface area contributed by atoms with E-state index in [1.165, 1.54) is 23.5 Å². The number of halogens is 3. The molecule has 29 heavy (non-hydrogen) atoms. The number of carbonyl (C=O) groups excluding carboxylic acids is 1. The molecule has 0 amide bonds. The minimum atomic E-state index is -4.68. The lowest BCUT2D eigenvalue weighted by atomic mass is 10.2. The number of carbonyl (C=O) groups is 1. The number of alkyl halides is 3. The first-order valence-electron chi connectivity index (χ1n) is 8.60. The minimum Gasteiger partial charge on any atom is -0.458 e. The predicted molar refractivity (Wildman–Crippen MR) is 102 cm³/mol. The highest BCUT2D eigenvalue weighted by atomic mass is 32.1. The third-order valence-corrected chi connectivity index (χ3v) is 5.09. The Hall–Kier alpha value is -3.20. The van der Waals surface area contributed by atoms with Crippen molar-refractivity contribution in [1.29, 1.82) is 0 Å². The van der Waals surface area contributed by atoms with E-state index in [1.54, 1.807) is 17.5 Å². The normalized spacial score (nSPS) is 11.7. The summed E-state index contributed by atoms with van der Waals surface area (Å²) in [6.07, 6.45) is -4.68. The topological polar surface area (TPSA) is 57.0 Å². The van der Waals surface area contributed by atoms with Crippen LogP contribution in [0.4, 0.5) is 13.2 Å². The fourth-order valence-electron chi connectivity index (χ4n) is 2.87. The number of para-hydroxylation sites is 2. The van der Waals surface area contributed by atoms with E-state index in [4.69, 9.17) is 4.74 Å². The van der Waals surface area contributed by atoms with Gasteiger partial charge in [-0.05, 0) is 12.1 Å². The van der Waals surface area contributed by atoms with Crippen molar-refractivity contribution in [1.82, 2.24) is 14.5 Å². The van der Waals surface area contributed by atoms with Crippen LogP contribution in [-0.4, -0.2) is 20.5 Å². The molecular formula is C20H14F3N3O2S. The van der Waals surface area contributed by atoms with Gasteiger partial charge in [0.1, 0.15) is 18.2 Å². The Kier molecular flexibility index (Phi) is 5.06. The lowest BCUT2D eigenvalue weighted by Gasteiger charge is -2.11. The summed E-state index contributed by atoms with van der Waals surface area (Å²) in [5.41, 5.74) is 1.86. The van der Waals surface area contributed by atoms with Gasteiger partial charge in [0.25, 0.3) is 0 Å². The van der Waals surface area contributed by atoms with Gasteiger partial charge in [0, 0.05) is 10.9 Å². The van der Waals surface area contributed by atoms with Crippen LogP contribution < -0.4 is 0 Å². The monoisotopic (exact) mass is 417 g/mol. The molecule has 5 nitrogen and oxygen atoms in total. The van der Waals surface area contributed by atoms with Crippen LogP contribution in [0.2, 0.25) is 0 Å². The van der Waals surface area contributed by atoms with Crippen molar-refractivity contribution in [2.24, 2.45) is 0 Å². The molecule has 0 bridgehead atoms. The fourth-order valence-corrected chi connectivity index (χ4v) is 3.68. The highest BCUT2D eigenvalue weighted by Crippen LogP contribution is 2.31. The average Bonchev–Trinajstić information content (AvgIpc) is 3.32. The van der Waals surface area contributed by atoms with Crippen LogP contribution >= 0.6 is 11.3 Å². The van der Waals surface area contributed by atoms with Crippen LogP contribution in [0.5, 0.6) is 0 Å². The Bertz CT molecular complexity index is 1150. The van der Waals surface area contributed by atoms with E-state index in [0.717, 1.165) is 15.1 Å². The summed E-state index contributed by atoms with van der Waals surface area (Å²) >= 11 is 1.40. The molecule has 0 unspecified atom stereocenters. The van der Waals surface area contributed by atoms with Crippen LogP contribution in [-0.2, 0) is 28.9 Å². The molecule has 0 fully saturated rings. The third kappa shape index (κ3) is 4.14. The van der Waals surface area contributed by atoms with E-state index in [0.29, 0.717) is 5.69 Å². The Labute approximate surface area is 167 Å². The van der Waals surface area contributed by atoms with Crippen molar-refractivity contribution < 1.29 is 22.7 Å². The standard InChI is InChI=1S/C20H14F3N3O2S/c21-20(22,23)19-25-15-8-4-5-9-16(15)26(19)10-17(27)28-11-14-12-29-18(24-14)13-6-2-1-3-7-13/h1-9,12H,10-11H2. The van der Waals surface area contributed by atoms with Crippen LogP contribution in [0.15, 0.2) is 60.0 Å². The van der Waals surface area contributed by atoms with E-state index >= 15 is 0 Å². The third-order valence-electron chi connectivity index (χ3n) is 4.15. The van der Waals surface area contributed by atoms with E-state index in [1.807, 2.05) is 30.3 Å². The summed E-state index contributed by atoms with van der Waals surface area (Å²) in [6, 6.07) is 15.6. The van der Waals surface area contributed by atoms with Gasteiger partial charge in [-0.3, -0.25) is 4.79 Å². The number of nitrogens with zero attached hydrogens (tertiary/aromatic N) is 3. The first kappa shape index (κ1) is 19.1. The lowest BCUT2D eigenvalue weighted by molar-refractivity contribution is -0.151. The van der Waals surface area contributed by atoms with E-state index < -0.39 is 24.5 Å². The number of esters is 1. The molecule has 2 heterocycles. The van der Waals surface area contributed by atoms with Gasteiger partial charge in [-0.25, -0.2) is 9.97 Å². The number of hydrogen-bond acceptors (Lipinski definition) is 5. The smallest absolute Gasteiger partial charge is 0.449 e. The zero-order valence-electron chi connectivity index (χ0n) is 14.9. The molecule has 9 heteroatoms. The van der Waals surface area contributed by atoms with Gasteiger partial charge in [0.15, 0.2) is 0 Å². The molecule has 0 saturated carbocycles. The van der Waals surface area contributed by atoms with Gasteiger partial charge >= 0.3 is 12.1 Å². The summed E-state index contributed by atoms with van der Waals surface area (Å²) in [5, 5.41) is 2.53. The maximum Gasteiger partial charge on any atom is 0.449 e. The highest BCUT2D eigenvalue weighted by Gasteiger charge is 2.38. The number of hydrogen-bond donors (Lipinski definition) is 0. The van der Waals surface area contributed by atoms with Crippen molar-refractivity contribution in [3.8, 4) is 10.6 Å². The Morgan fingerprint density at radius 2 is 1.76 bits per heavy atom. The Morgan fingerprint density at radius 1 is 1.03 bits per heavy atom. The summed E-state index contributed by atoms with van der Waals surface area (Å²) in [6.45, 7) is -0.707. The summed E-state index contributed by atoms with van der Waals surface area (Å²) in [5.74, 6) is -1.93. The van der Waals surface area contributed by atoms with Crippen LogP contribution in [0.3, 0.4) is 0 Å². The van der Waals surface area contributed by atoms with E-state index in [9.17, 15) is 18.0 Å². The molecule has 0 aliphatic rings. The quantitative estimate of drug-likeness (QED) is 0.433. The van der Waals surface area contributed by atoms with Crippen molar-refractivity contribution >= 4 is 28.3 Å². The highest BCUT2D eigenvalue weighted by molar-refractivity contribution is 7.13. The van der Waals surface area contributed by atoms with Gasteiger partial charge in [-0.1, -0.05) is 42.5 Å². The molecule has 0 radical (unpaired) electrons. The van der Waals surface area contributed by atoms with Crippen LogP contribution in [0, 0.1) is 0 Å². The zero-order chi connectivity index (χ0) is 20.4. The Morgan fingerprint density at radius 3 is 2.52 bits per heavy atom. The maximum atomic E-state index is 13.3. The van der Waals surface area contributed by atoms with Gasteiger partial charge in [0.05, 0.1) is 16.7 Å². The summed E-state index contributed by atoms with van der Waals surface area (Å²) < 4.78 is 45.9. The molecular weight excluding hydrogens is 403 g/mol. The molecule has 0 atom stereocenters. The molecule has 148 valence electrons. The Balaban J connectivity index is 1.48. The molecule has 0 N–H and O–H groups in total. The van der Waals surface area contributed by atoms with Crippen molar-refractivity contribution in [2.75, 3.05) is 0 Å². The predicted octanol–water partition coefficient (Wildman–Crippen LogP) is 4.92. The number of benzene rings is 2. The second kappa shape index (κ2) is 7.67. The minimum absolute atomic E-state index is 0.115. The van der Waals surface area contributed by atoms with Crippen LogP contribution in [0.25, 0.3) is 21.6 Å². The number of fused-ring (bicyclic) bond motifs is 1. The van der Waals surface area contributed by atoms with Crippen molar-refractivity contribution in [3.63, 3.8) is 0 Å². The van der Waals surface area contributed by atoms with E-state index in [-0.39, 0.29) is 17.6 Å². The van der Waals surface area contributed by atoms with E-state index in [2.05, 4.69) is 9.97 Å². The fraction of sp³-hybridized carbons (Fsp3) is 0.150. The zero-order valence-corrected chi connectivity index (χ0v) is 15.7. The molecule has 4 aromatic rings. The molecule has 0 spiro atoms. The number of ether oxygens (including phenoxy) is 1. The average molecular weight is 417 g/mol.